The number of hydrogen-bond donors (Lipinski definition) is 2. The first kappa shape index (κ1) is 29.2. The van der Waals surface area contributed by atoms with Gasteiger partial charge in [0.25, 0.3) is 0 Å². The van der Waals surface area contributed by atoms with Gasteiger partial charge in [0.1, 0.15) is 5.75 Å². The van der Waals surface area contributed by atoms with Crippen LogP contribution in [0.2, 0.25) is 0 Å². The van der Waals surface area contributed by atoms with E-state index in [0.717, 1.165) is 0 Å². The van der Waals surface area contributed by atoms with Crippen molar-refractivity contribution in [2.45, 2.75) is 44.6 Å². The fraction of sp³-hybridized carbons (Fsp3) is 0.333. The molecule has 0 saturated carbocycles. The van der Waals surface area contributed by atoms with Crippen molar-refractivity contribution < 1.29 is 50.7 Å². The van der Waals surface area contributed by atoms with Crippen LogP contribution in [-0.2, 0) is 26.6 Å². The Morgan fingerprint density at radius 2 is 1.53 bits per heavy atom. The molecule has 0 aromatic heterocycles. The van der Waals surface area contributed by atoms with Crippen LogP contribution in [0, 0.1) is 17.8 Å². The average molecular weight is 603 g/mol. The number of phenols is 1. The van der Waals surface area contributed by atoms with Gasteiger partial charge in [-0.2, -0.15) is 26.3 Å². The second-order valence-corrected chi connectivity index (χ2v) is 11.1. The summed E-state index contributed by atoms with van der Waals surface area (Å²) in [5, 5.41) is 22.7. The van der Waals surface area contributed by atoms with Gasteiger partial charge < -0.3 is 14.8 Å². The third-order valence-electron chi connectivity index (χ3n) is 8.75. The molecule has 2 fully saturated rings. The maximum atomic E-state index is 13.9. The number of fused-ring (bicyclic) bond motifs is 4. The van der Waals surface area contributed by atoms with Gasteiger partial charge >= 0.3 is 19.5 Å². The molecule has 0 radical (unpaired) electrons. The lowest BCUT2D eigenvalue weighted by Gasteiger charge is -2.42. The van der Waals surface area contributed by atoms with Crippen LogP contribution in [-0.4, -0.2) is 29.1 Å². The van der Waals surface area contributed by atoms with Gasteiger partial charge in [-0.25, -0.2) is 4.90 Å². The van der Waals surface area contributed by atoms with Gasteiger partial charge in [-0.3, -0.25) is 9.59 Å². The van der Waals surface area contributed by atoms with Gasteiger partial charge in [-0.05, 0) is 65.9 Å². The lowest BCUT2D eigenvalue weighted by atomic mass is 9.55. The number of allylic oxidation sites excluding steroid dienone is 2. The monoisotopic (exact) mass is 603 g/mol. The molecule has 3 aromatic rings. The molecule has 2 amide bonds. The number of halogens is 6. The molecule has 0 unspecified atom stereocenters. The number of benzene rings is 3. The van der Waals surface area contributed by atoms with Crippen LogP contribution < -0.4 is 4.90 Å². The second-order valence-electron chi connectivity index (χ2n) is 11.1. The van der Waals surface area contributed by atoms with Crippen LogP contribution in [0.15, 0.2) is 65.6 Å². The summed E-state index contributed by atoms with van der Waals surface area (Å²) in [4.78, 5) is 28.0. The highest BCUT2D eigenvalue weighted by molar-refractivity contribution is 6.53. The number of rotatable bonds is 3. The summed E-state index contributed by atoms with van der Waals surface area (Å²) in [6, 6.07) is 10.7. The van der Waals surface area contributed by atoms with Gasteiger partial charge in [0.2, 0.25) is 11.8 Å². The molecule has 2 saturated heterocycles. The van der Waals surface area contributed by atoms with Crippen molar-refractivity contribution in [3.8, 4) is 5.75 Å². The number of anilines is 1. The lowest BCUT2D eigenvalue weighted by molar-refractivity contribution is -0.143. The maximum absolute atomic E-state index is 13.9. The van der Waals surface area contributed by atoms with Crippen molar-refractivity contribution in [3.63, 3.8) is 0 Å². The van der Waals surface area contributed by atoms with E-state index in [4.69, 9.17) is 4.65 Å². The number of carbonyl (C=O) groups excluding carboxylic acids is 2. The maximum Gasteiger partial charge on any atom is 0.487 e. The molecule has 1 aliphatic carbocycles. The quantitative estimate of drug-likeness (QED) is 0.200. The average Bonchev–Trinajstić information content (AvgIpc) is 3.20. The van der Waals surface area contributed by atoms with Crippen LogP contribution >= 0.6 is 0 Å². The molecule has 6 nitrogen and oxygen atoms in total. The number of aromatic hydroxyl groups is 1. The van der Waals surface area contributed by atoms with E-state index in [1.54, 1.807) is 37.3 Å². The van der Waals surface area contributed by atoms with Crippen molar-refractivity contribution in [2.24, 2.45) is 17.8 Å². The zero-order valence-corrected chi connectivity index (χ0v) is 22.5. The summed E-state index contributed by atoms with van der Waals surface area (Å²) in [5.74, 6) is -4.74. The number of imide groups is 1. The molecule has 224 valence electrons. The van der Waals surface area contributed by atoms with Gasteiger partial charge in [0.05, 0.1) is 34.8 Å². The summed E-state index contributed by atoms with van der Waals surface area (Å²) < 4.78 is 87.6. The summed E-state index contributed by atoms with van der Waals surface area (Å²) in [6.45, 7) is 1.79. The largest absolute Gasteiger partial charge is 0.507 e. The molecule has 2 N–H and O–H groups in total. The Balaban J connectivity index is 1.43. The normalized spacial score (nSPS) is 24.6. The third kappa shape index (κ3) is 4.78. The Labute approximate surface area is 241 Å². The Morgan fingerprint density at radius 3 is 2.14 bits per heavy atom. The van der Waals surface area contributed by atoms with E-state index >= 15 is 0 Å². The van der Waals surface area contributed by atoms with Crippen LogP contribution in [0.5, 0.6) is 5.75 Å². The van der Waals surface area contributed by atoms with Crippen molar-refractivity contribution in [2.75, 3.05) is 4.90 Å². The molecule has 0 spiro atoms. The summed E-state index contributed by atoms with van der Waals surface area (Å²) in [6.07, 6.45) is -10.6. The summed E-state index contributed by atoms with van der Waals surface area (Å²) in [5.41, 5.74) is -2.42. The van der Waals surface area contributed by atoms with Crippen LogP contribution in [0.25, 0.3) is 10.8 Å². The van der Waals surface area contributed by atoms with Crippen molar-refractivity contribution in [1.29, 1.82) is 0 Å². The first-order valence-corrected chi connectivity index (χ1v) is 13.6. The third-order valence-corrected chi connectivity index (χ3v) is 8.75. The Kier molecular flexibility index (Phi) is 6.88. The highest BCUT2D eigenvalue weighted by atomic mass is 19.4. The van der Waals surface area contributed by atoms with E-state index in [-0.39, 0.29) is 24.7 Å². The first-order chi connectivity index (χ1) is 20.2. The molecule has 0 bridgehead atoms. The summed E-state index contributed by atoms with van der Waals surface area (Å²) in [7, 11) is -1.46. The van der Waals surface area contributed by atoms with E-state index in [2.05, 4.69) is 0 Å². The number of amides is 2. The minimum atomic E-state index is -5.16. The zero-order valence-electron chi connectivity index (χ0n) is 22.5. The van der Waals surface area contributed by atoms with E-state index < -0.39 is 72.0 Å². The smallest absolute Gasteiger partial charge is 0.487 e. The van der Waals surface area contributed by atoms with E-state index in [1.807, 2.05) is 0 Å². The standard InChI is InChI=1S/C30H24BF6NO5/c1-2-14-9-22-25(28(41)38(27(22)40)17-11-15(29(32,33)34)10-16(12-17)30(35,36)37)21-13-24(43-31(42)26(14)21)20-7-8-23(39)19-6-4-3-5-18(19)20/h3-8,10-12,21-22,24-25,39,42H,2,9,13H2,1H3/t21-,22-,24-,25+/m0/s1. The van der Waals surface area contributed by atoms with Gasteiger partial charge in [-0.1, -0.05) is 42.8 Å². The topological polar surface area (TPSA) is 87.1 Å². The van der Waals surface area contributed by atoms with Gasteiger partial charge in [0, 0.05) is 5.39 Å². The minimum Gasteiger partial charge on any atom is -0.507 e. The molecule has 43 heavy (non-hydrogen) atoms. The number of carbonyl (C=O) groups is 2. The molecule has 2 aliphatic heterocycles. The van der Waals surface area contributed by atoms with Gasteiger partial charge in [-0.15, -0.1) is 0 Å². The van der Waals surface area contributed by atoms with Crippen LogP contribution in [0.3, 0.4) is 0 Å². The minimum absolute atomic E-state index is 0.00634. The molecular weight excluding hydrogens is 579 g/mol. The molecule has 13 heteroatoms. The SMILES string of the molecule is CCC1=C2B(O)O[C@H](c3ccc(O)c4ccccc34)C[C@H]2[C@H]2C(=O)N(c3cc(C(F)(F)F)cc(C(F)(F)F)c3)C(=O)[C@H]2C1. The van der Waals surface area contributed by atoms with E-state index in [9.17, 15) is 46.1 Å². The predicted molar refractivity (Wildman–Crippen MR) is 143 cm³/mol. The molecule has 6 rings (SSSR count). The first-order valence-electron chi connectivity index (χ1n) is 13.6. The molecule has 3 aromatic carbocycles. The van der Waals surface area contributed by atoms with Crippen LogP contribution in [0.1, 0.15) is 49.0 Å². The lowest BCUT2D eigenvalue weighted by Crippen LogP contribution is -2.44. The fourth-order valence-corrected chi connectivity index (χ4v) is 6.86. The highest BCUT2D eigenvalue weighted by Crippen LogP contribution is 2.53. The molecular formula is C30H24BF6NO5. The Morgan fingerprint density at radius 1 is 0.907 bits per heavy atom. The second kappa shape index (κ2) is 10.1. The summed E-state index contributed by atoms with van der Waals surface area (Å²) >= 11 is 0. The van der Waals surface area contributed by atoms with E-state index in [1.165, 1.54) is 6.07 Å². The zero-order chi connectivity index (χ0) is 31.0. The molecule has 4 atom stereocenters. The van der Waals surface area contributed by atoms with Crippen LogP contribution in [0.4, 0.5) is 32.0 Å². The van der Waals surface area contributed by atoms with Crippen molar-refractivity contribution in [1.82, 2.24) is 0 Å². The van der Waals surface area contributed by atoms with Crippen molar-refractivity contribution in [3.05, 3.63) is 82.3 Å². The molecule has 2 heterocycles. The highest BCUT2D eigenvalue weighted by Gasteiger charge is 2.58. The fourth-order valence-electron chi connectivity index (χ4n) is 6.86. The van der Waals surface area contributed by atoms with Crippen molar-refractivity contribution >= 4 is 35.4 Å². The Hall–Kier alpha value is -3.84. The molecule has 3 aliphatic rings. The van der Waals surface area contributed by atoms with E-state index in [0.29, 0.717) is 50.8 Å². The number of hydrogen-bond acceptors (Lipinski definition) is 5. The van der Waals surface area contributed by atoms with Gasteiger partial charge in [0.15, 0.2) is 0 Å². The Bertz CT molecular complexity index is 1650. The number of alkyl halides is 6. The predicted octanol–water partition coefficient (Wildman–Crippen LogP) is 6.60. The number of nitrogens with zero attached hydrogens (tertiary/aromatic N) is 1. The number of phenolic OH excluding ortho intramolecular Hbond substituents is 1.